The summed E-state index contributed by atoms with van der Waals surface area (Å²) in [7, 11) is 3.86. The molecule has 0 bridgehead atoms. The van der Waals surface area contributed by atoms with Gasteiger partial charge in [0, 0.05) is 68.8 Å². The highest BCUT2D eigenvalue weighted by Crippen LogP contribution is 2.33. The predicted octanol–water partition coefficient (Wildman–Crippen LogP) is 8.41. The lowest BCUT2D eigenvalue weighted by Gasteiger charge is -2.37. The lowest BCUT2D eigenvalue weighted by molar-refractivity contribution is 0.112. The van der Waals surface area contributed by atoms with E-state index in [1.165, 1.54) is 47.2 Å². The van der Waals surface area contributed by atoms with Crippen LogP contribution in [0.5, 0.6) is 11.5 Å². The van der Waals surface area contributed by atoms with Crippen LogP contribution in [-0.2, 0) is 0 Å². The first-order valence-corrected chi connectivity index (χ1v) is 17.2. The van der Waals surface area contributed by atoms with Crippen molar-refractivity contribution in [3.8, 4) is 17.2 Å². The van der Waals surface area contributed by atoms with Gasteiger partial charge < -0.3 is 15.0 Å². The van der Waals surface area contributed by atoms with Gasteiger partial charge in [-0.15, -0.1) is 0 Å². The van der Waals surface area contributed by atoms with E-state index in [0.29, 0.717) is 23.4 Å². The number of nitrogens with zero attached hydrogens (tertiary/aromatic N) is 5. The summed E-state index contributed by atoms with van der Waals surface area (Å²) in [4.78, 5) is 27.0. The largest absolute Gasteiger partial charge is 0.452 e. The van der Waals surface area contributed by atoms with Gasteiger partial charge in [-0.05, 0) is 85.2 Å². The quantitative estimate of drug-likeness (QED) is 0.139. The van der Waals surface area contributed by atoms with Crippen LogP contribution in [0.2, 0.25) is 0 Å². The number of carbonyl (C=O) groups is 1. The molecule has 0 fully saturated rings. The topological polar surface area (TPSA) is 84.1 Å². The molecule has 0 amide bonds. The Kier molecular flexibility index (Phi) is 13.8. The van der Waals surface area contributed by atoms with Gasteiger partial charge in [0.2, 0.25) is 0 Å². The van der Waals surface area contributed by atoms with Crippen LogP contribution >= 0.6 is 0 Å². The fourth-order valence-electron chi connectivity index (χ4n) is 5.66. The molecule has 51 heavy (non-hydrogen) atoms. The molecule has 1 N–H and O–H groups in total. The highest BCUT2D eigenvalue weighted by atomic mass is 19.1. The number of aldehydes is 1. The third-order valence-corrected chi connectivity index (χ3v) is 8.06. The standard InChI is InChI=1S/C26H32FN5O.C12H8FNO2.C2H6/c1-5-13-31(14-6-2)26-10-7-19(17-30(26)4)20-15-25(23-11-12-29-32(23)18-20)33-24-9-8-21(28-3)16-22(24)27;13-10-3-5-11(6-4-10)14-7-1-2-9(8-15)12(14)16;1-2/h7-12,15-18,26,28H,5-6,13-14H2,1-4H3;1-8H;1-2H3. The number of hydrogen-bond donors (Lipinski definition) is 1. The monoisotopic (exact) mass is 696 g/mol. The Morgan fingerprint density at radius 2 is 1.71 bits per heavy atom. The molecular weight excluding hydrogens is 650 g/mol. The van der Waals surface area contributed by atoms with E-state index in [1.54, 1.807) is 36.0 Å². The zero-order valence-corrected chi connectivity index (χ0v) is 30.0. The second-order valence-corrected chi connectivity index (χ2v) is 11.5. The summed E-state index contributed by atoms with van der Waals surface area (Å²) in [6.07, 6.45) is 14.7. The second kappa shape index (κ2) is 18.4. The van der Waals surface area contributed by atoms with Crippen LogP contribution < -0.4 is 15.6 Å². The molecule has 6 rings (SSSR count). The van der Waals surface area contributed by atoms with Crippen molar-refractivity contribution in [1.82, 2.24) is 24.0 Å². The molecule has 268 valence electrons. The maximum absolute atomic E-state index is 14.6. The molecule has 11 heteroatoms. The second-order valence-electron chi connectivity index (χ2n) is 11.5. The van der Waals surface area contributed by atoms with E-state index >= 15 is 0 Å². The third-order valence-electron chi connectivity index (χ3n) is 8.06. The van der Waals surface area contributed by atoms with E-state index < -0.39 is 11.4 Å². The molecule has 1 aliphatic heterocycles. The van der Waals surface area contributed by atoms with Crippen molar-refractivity contribution in [1.29, 1.82) is 0 Å². The summed E-state index contributed by atoms with van der Waals surface area (Å²) in [6, 6.07) is 17.2. The molecular formula is C40H46F2N6O3. The minimum atomic E-state index is -0.420. The van der Waals surface area contributed by atoms with E-state index in [4.69, 9.17) is 4.74 Å². The van der Waals surface area contributed by atoms with Gasteiger partial charge in [-0.25, -0.2) is 13.3 Å². The molecule has 1 unspecified atom stereocenters. The molecule has 0 spiro atoms. The summed E-state index contributed by atoms with van der Waals surface area (Å²) in [6.45, 7) is 10.6. The van der Waals surface area contributed by atoms with E-state index in [2.05, 4.69) is 59.5 Å². The Morgan fingerprint density at radius 1 is 0.980 bits per heavy atom. The first-order valence-electron chi connectivity index (χ1n) is 17.2. The molecule has 0 saturated carbocycles. The maximum Gasteiger partial charge on any atom is 0.265 e. The molecule has 4 heterocycles. The van der Waals surface area contributed by atoms with Gasteiger partial charge in [0.1, 0.15) is 17.5 Å². The van der Waals surface area contributed by atoms with E-state index in [0.717, 1.165) is 42.6 Å². The Bertz CT molecular complexity index is 2010. The van der Waals surface area contributed by atoms with Crippen LogP contribution in [0.3, 0.4) is 0 Å². The number of pyridine rings is 2. The van der Waals surface area contributed by atoms with Gasteiger partial charge in [0.15, 0.2) is 23.6 Å². The van der Waals surface area contributed by atoms with Crippen LogP contribution in [0, 0.1) is 11.6 Å². The van der Waals surface area contributed by atoms with Crippen molar-refractivity contribution in [3.63, 3.8) is 0 Å². The number of fused-ring (bicyclic) bond motifs is 1. The lowest BCUT2D eigenvalue weighted by atomic mass is 10.0. The van der Waals surface area contributed by atoms with Gasteiger partial charge in [-0.3, -0.25) is 19.1 Å². The van der Waals surface area contributed by atoms with Crippen LogP contribution in [0.1, 0.15) is 56.5 Å². The molecule has 9 nitrogen and oxygen atoms in total. The number of hydrogen-bond acceptors (Lipinski definition) is 7. The van der Waals surface area contributed by atoms with Crippen LogP contribution in [-0.4, -0.2) is 63.6 Å². The van der Waals surface area contributed by atoms with Crippen molar-refractivity contribution >= 4 is 23.1 Å². The molecule has 0 aliphatic carbocycles. The molecule has 0 radical (unpaired) electrons. The van der Waals surface area contributed by atoms with Crippen molar-refractivity contribution < 1.29 is 18.3 Å². The van der Waals surface area contributed by atoms with Gasteiger partial charge in [0.25, 0.3) is 5.56 Å². The molecule has 0 saturated heterocycles. The Morgan fingerprint density at radius 3 is 2.33 bits per heavy atom. The number of allylic oxidation sites excluding steroid dienone is 2. The van der Waals surface area contributed by atoms with Crippen molar-refractivity contribution in [2.24, 2.45) is 0 Å². The van der Waals surface area contributed by atoms with Crippen LogP contribution in [0.15, 0.2) is 108 Å². The zero-order chi connectivity index (χ0) is 36.9. The molecule has 5 aromatic rings. The number of anilines is 1. The smallest absolute Gasteiger partial charge is 0.265 e. The minimum Gasteiger partial charge on any atom is -0.452 e. The van der Waals surface area contributed by atoms with E-state index in [1.807, 2.05) is 32.2 Å². The first kappa shape index (κ1) is 38.3. The normalized spacial score (nSPS) is 13.5. The highest BCUT2D eigenvalue weighted by Gasteiger charge is 2.22. The van der Waals surface area contributed by atoms with Crippen molar-refractivity contribution in [3.05, 3.63) is 137 Å². The molecule has 1 aliphatic rings. The average Bonchev–Trinajstić information content (AvgIpc) is 3.63. The summed E-state index contributed by atoms with van der Waals surface area (Å²) in [5.41, 5.74) is 3.66. The van der Waals surface area contributed by atoms with E-state index in [-0.39, 0.29) is 23.3 Å². The zero-order valence-electron chi connectivity index (χ0n) is 30.0. The van der Waals surface area contributed by atoms with Crippen molar-refractivity contribution in [2.45, 2.75) is 46.7 Å². The SMILES string of the molecule is CC.CCCN(CCC)C1C=CC(c2cc(Oc3ccc(NC)cc3F)c3ccnn3c2)=CN1C.O=Cc1cccn(-c2ccc(F)cc2)c1=O. The number of carbonyl (C=O) groups excluding carboxylic acids is 1. The van der Waals surface area contributed by atoms with E-state index in [9.17, 15) is 18.4 Å². The van der Waals surface area contributed by atoms with Gasteiger partial charge >= 0.3 is 0 Å². The van der Waals surface area contributed by atoms with Crippen LogP contribution in [0.4, 0.5) is 14.5 Å². The van der Waals surface area contributed by atoms with Gasteiger partial charge in [-0.2, -0.15) is 5.10 Å². The number of benzene rings is 2. The maximum atomic E-state index is 14.6. The first-order chi connectivity index (χ1) is 24.8. The van der Waals surface area contributed by atoms with Gasteiger partial charge in [-0.1, -0.05) is 33.8 Å². The average molecular weight is 697 g/mol. The number of nitrogens with one attached hydrogen (secondary N) is 1. The molecule has 1 atom stereocenters. The third kappa shape index (κ3) is 9.37. The summed E-state index contributed by atoms with van der Waals surface area (Å²) < 4.78 is 36.4. The number of rotatable bonds is 11. The summed E-state index contributed by atoms with van der Waals surface area (Å²) in [5.74, 6) is -0.0623. The number of halogens is 2. The highest BCUT2D eigenvalue weighted by molar-refractivity contribution is 5.78. The number of likely N-dealkylation sites (N-methyl/N-ethyl adjacent to an activating group) is 1. The Labute approximate surface area is 298 Å². The lowest BCUT2D eigenvalue weighted by Crippen LogP contribution is -2.45. The Hall–Kier alpha value is -5.55. The number of aromatic nitrogens is 3. The fraction of sp³-hybridized carbons (Fsp3) is 0.275. The van der Waals surface area contributed by atoms with Crippen molar-refractivity contribution in [2.75, 3.05) is 32.5 Å². The van der Waals surface area contributed by atoms with Gasteiger partial charge in [0.05, 0.1) is 11.8 Å². The predicted molar refractivity (Wildman–Crippen MR) is 201 cm³/mol. The Balaban J connectivity index is 0.000000271. The molecule has 2 aromatic carbocycles. The molecule has 3 aromatic heterocycles. The summed E-state index contributed by atoms with van der Waals surface area (Å²) >= 11 is 0. The number of ether oxygens (including phenoxy) is 1. The van der Waals surface area contributed by atoms with Crippen LogP contribution in [0.25, 0.3) is 16.8 Å². The summed E-state index contributed by atoms with van der Waals surface area (Å²) in [5, 5.41) is 7.33. The fourth-order valence-corrected chi connectivity index (χ4v) is 5.66. The minimum absolute atomic E-state index is 0.0758.